The molecular weight excluding hydrogens is 482 g/mol. The zero-order valence-electron chi connectivity index (χ0n) is 18.6. The van der Waals surface area contributed by atoms with Crippen LogP contribution in [0, 0.1) is 11.6 Å². The van der Waals surface area contributed by atoms with Gasteiger partial charge in [0, 0.05) is 23.9 Å². The van der Waals surface area contributed by atoms with E-state index in [4.69, 9.17) is 16.0 Å². The summed E-state index contributed by atoms with van der Waals surface area (Å²) >= 11 is 0.793. The van der Waals surface area contributed by atoms with Crippen molar-refractivity contribution in [1.29, 1.82) is 0 Å². The summed E-state index contributed by atoms with van der Waals surface area (Å²) in [5, 5.41) is 6.58. The van der Waals surface area contributed by atoms with E-state index in [0.29, 0.717) is 0 Å². The summed E-state index contributed by atoms with van der Waals surface area (Å²) < 4.78 is 32.4. The number of carbonyl (C=O) groups is 3. The number of carbonyl (C=O) groups excluding carboxylic acids is 3. The number of aromatic nitrogens is 2. The first kappa shape index (κ1) is 24.3. The molecule has 184 valence electrons. The number of halogens is 2. The van der Waals surface area contributed by atoms with Crippen LogP contribution in [0.1, 0.15) is 58.5 Å². The Labute approximate surface area is 202 Å². The smallest absolute Gasteiger partial charge is 0.273 e. The van der Waals surface area contributed by atoms with E-state index in [1.165, 1.54) is 24.0 Å². The molecule has 13 heteroatoms. The molecular formula is C22H22F2N6O4S. The van der Waals surface area contributed by atoms with Crippen LogP contribution >= 0.6 is 11.3 Å². The van der Waals surface area contributed by atoms with Gasteiger partial charge in [-0.25, -0.2) is 13.8 Å². The highest BCUT2D eigenvalue weighted by Crippen LogP contribution is 2.36. The fourth-order valence-corrected chi connectivity index (χ4v) is 4.81. The van der Waals surface area contributed by atoms with Gasteiger partial charge in [-0.1, -0.05) is 29.3 Å². The van der Waals surface area contributed by atoms with Crippen LogP contribution in [0.3, 0.4) is 0 Å². The summed E-state index contributed by atoms with van der Waals surface area (Å²) in [7, 11) is 0. The molecule has 0 aliphatic heterocycles. The fraction of sp³-hybridized carbons (Fsp3) is 0.318. The lowest BCUT2D eigenvalue weighted by Gasteiger charge is -2.26. The Kier molecular flexibility index (Phi) is 6.78. The molecule has 1 fully saturated rings. The van der Waals surface area contributed by atoms with E-state index in [-0.39, 0.29) is 39.0 Å². The monoisotopic (exact) mass is 504 g/mol. The molecule has 1 aromatic carbocycles. The molecule has 10 nitrogen and oxygen atoms in total. The first-order valence-corrected chi connectivity index (χ1v) is 11.6. The number of nitrogens with two attached hydrogens (primary N) is 2. The molecule has 1 aliphatic rings. The van der Waals surface area contributed by atoms with E-state index in [9.17, 15) is 23.2 Å². The number of benzene rings is 1. The predicted octanol–water partition coefficient (Wildman–Crippen LogP) is 2.91. The van der Waals surface area contributed by atoms with Crippen molar-refractivity contribution in [3.63, 3.8) is 0 Å². The Bertz CT molecular complexity index is 1290. The first-order chi connectivity index (χ1) is 16.7. The number of hydrogen-bond donors (Lipinski definition) is 3. The van der Waals surface area contributed by atoms with Crippen LogP contribution in [-0.2, 0) is 4.79 Å². The zero-order chi connectivity index (χ0) is 25.3. The van der Waals surface area contributed by atoms with E-state index in [1.807, 2.05) is 0 Å². The van der Waals surface area contributed by atoms with Crippen LogP contribution < -0.4 is 21.7 Å². The van der Waals surface area contributed by atoms with Crippen molar-refractivity contribution in [3.05, 3.63) is 52.2 Å². The number of anilines is 3. The number of rotatable bonds is 8. The number of amides is 2. The van der Waals surface area contributed by atoms with Crippen molar-refractivity contribution in [1.82, 2.24) is 15.5 Å². The van der Waals surface area contributed by atoms with Gasteiger partial charge in [-0.2, -0.15) is 0 Å². The average molecular weight is 505 g/mol. The van der Waals surface area contributed by atoms with Gasteiger partial charge in [-0.3, -0.25) is 14.4 Å². The molecule has 4 rings (SSSR count). The summed E-state index contributed by atoms with van der Waals surface area (Å²) in [4.78, 5) is 42.7. The SMILES string of the molecule is C[C@@H](C(N)=O)N(c1ccc(F)c(F)c1)c1nc(N)c(C(=O)c2cc(C(=O)NC3CCCC3)no2)s1. The van der Waals surface area contributed by atoms with E-state index in [1.54, 1.807) is 0 Å². The van der Waals surface area contributed by atoms with Crippen LogP contribution in [0.5, 0.6) is 0 Å². The second-order valence-electron chi connectivity index (χ2n) is 8.12. The van der Waals surface area contributed by atoms with Crippen LogP contribution in [-0.4, -0.2) is 39.8 Å². The van der Waals surface area contributed by atoms with Gasteiger partial charge in [0.2, 0.25) is 17.5 Å². The van der Waals surface area contributed by atoms with Gasteiger partial charge >= 0.3 is 0 Å². The Morgan fingerprint density at radius 2 is 1.91 bits per heavy atom. The molecule has 1 aliphatic carbocycles. The normalized spacial score (nSPS) is 14.6. The summed E-state index contributed by atoms with van der Waals surface area (Å²) in [5.41, 5.74) is 11.4. The molecule has 3 aromatic rings. The lowest BCUT2D eigenvalue weighted by Crippen LogP contribution is -2.40. The Balaban J connectivity index is 1.61. The van der Waals surface area contributed by atoms with Crippen LogP contribution in [0.4, 0.5) is 25.4 Å². The maximum atomic E-state index is 13.9. The van der Waals surface area contributed by atoms with Crippen molar-refractivity contribution >= 4 is 45.6 Å². The minimum atomic E-state index is -1.14. The van der Waals surface area contributed by atoms with E-state index in [0.717, 1.165) is 49.2 Å². The highest BCUT2D eigenvalue weighted by atomic mass is 32.1. The van der Waals surface area contributed by atoms with Gasteiger partial charge in [0.25, 0.3) is 5.91 Å². The molecule has 1 saturated carbocycles. The van der Waals surface area contributed by atoms with Gasteiger partial charge in [-0.05, 0) is 31.9 Å². The summed E-state index contributed by atoms with van der Waals surface area (Å²) in [6.07, 6.45) is 3.84. The number of nitrogens with zero attached hydrogens (tertiary/aromatic N) is 3. The number of thiazole rings is 1. The lowest BCUT2D eigenvalue weighted by molar-refractivity contribution is -0.118. The number of hydrogen-bond acceptors (Lipinski definition) is 9. The lowest BCUT2D eigenvalue weighted by atomic mass is 10.2. The van der Waals surface area contributed by atoms with Crippen molar-refractivity contribution in [3.8, 4) is 0 Å². The van der Waals surface area contributed by atoms with Crippen molar-refractivity contribution in [2.24, 2.45) is 5.73 Å². The highest BCUT2D eigenvalue weighted by molar-refractivity contribution is 7.18. The summed E-state index contributed by atoms with van der Waals surface area (Å²) in [6.45, 7) is 1.44. The van der Waals surface area contributed by atoms with Crippen LogP contribution in [0.2, 0.25) is 0 Å². The third kappa shape index (κ3) is 4.99. The number of nitrogen functional groups attached to an aromatic ring is 1. The molecule has 0 radical (unpaired) electrons. The molecule has 5 N–H and O–H groups in total. The van der Waals surface area contributed by atoms with Gasteiger partial charge in [-0.15, -0.1) is 0 Å². The molecule has 35 heavy (non-hydrogen) atoms. The quantitative estimate of drug-likeness (QED) is 0.395. The summed E-state index contributed by atoms with van der Waals surface area (Å²) in [6, 6.07) is 3.24. The van der Waals surface area contributed by atoms with Gasteiger partial charge in [0.1, 0.15) is 16.7 Å². The Morgan fingerprint density at radius 3 is 2.57 bits per heavy atom. The zero-order valence-corrected chi connectivity index (χ0v) is 19.4. The van der Waals surface area contributed by atoms with E-state index < -0.39 is 35.3 Å². The predicted molar refractivity (Wildman–Crippen MR) is 123 cm³/mol. The topological polar surface area (TPSA) is 157 Å². The molecule has 2 heterocycles. The standard InChI is InChI=1S/C22H22F2N6O4S/c1-10(20(26)32)30(12-6-7-13(23)14(24)8-12)22-28-19(25)18(35-22)17(31)16-9-15(29-34-16)21(33)27-11-4-2-3-5-11/h6-11H,2-5,25H2,1H3,(H2,26,32)(H,27,33)/t10-/m0/s1. The maximum Gasteiger partial charge on any atom is 0.273 e. The number of ketones is 1. The molecule has 2 amide bonds. The average Bonchev–Trinajstić information content (AvgIpc) is 3.57. The molecule has 0 spiro atoms. The minimum Gasteiger partial charge on any atom is -0.382 e. The highest BCUT2D eigenvalue weighted by Gasteiger charge is 2.30. The Hall–Kier alpha value is -3.87. The molecule has 1 atom stereocenters. The van der Waals surface area contributed by atoms with Crippen LogP contribution in [0.25, 0.3) is 0 Å². The first-order valence-electron chi connectivity index (χ1n) is 10.8. The van der Waals surface area contributed by atoms with Crippen LogP contribution in [0.15, 0.2) is 28.8 Å². The minimum absolute atomic E-state index is 0.0434. The molecule has 0 bridgehead atoms. The van der Waals surface area contributed by atoms with E-state index in [2.05, 4.69) is 15.5 Å². The molecule has 0 saturated heterocycles. The van der Waals surface area contributed by atoms with Crippen molar-refractivity contribution in [2.45, 2.75) is 44.7 Å². The third-order valence-electron chi connectivity index (χ3n) is 5.69. The van der Waals surface area contributed by atoms with Gasteiger partial charge < -0.3 is 26.2 Å². The Morgan fingerprint density at radius 1 is 1.20 bits per heavy atom. The number of primary amides is 1. The summed E-state index contributed by atoms with van der Waals surface area (Å²) in [5.74, 6) is -4.54. The third-order valence-corrected chi connectivity index (χ3v) is 6.76. The second kappa shape index (κ2) is 9.78. The largest absolute Gasteiger partial charge is 0.382 e. The number of nitrogens with one attached hydrogen (secondary N) is 1. The van der Waals surface area contributed by atoms with E-state index >= 15 is 0 Å². The van der Waals surface area contributed by atoms with Crippen molar-refractivity contribution < 1.29 is 27.7 Å². The maximum absolute atomic E-state index is 13.9. The fourth-order valence-electron chi connectivity index (χ4n) is 3.78. The van der Waals surface area contributed by atoms with Crippen molar-refractivity contribution in [2.75, 3.05) is 10.6 Å². The van der Waals surface area contributed by atoms with Gasteiger partial charge in [0.15, 0.2) is 22.5 Å². The molecule has 0 unspecified atom stereocenters. The second-order valence-corrected chi connectivity index (χ2v) is 9.10. The molecule has 2 aromatic heterocycles. The van der Waals surface area contributed by atoms with Gasteiger partial charge in [0.05, 0.1) is 0 Å².